The molecule has 1 aromatic rings. The number of aliphatic hydroxyl groups is 2. The fourth-order valence-corrected chi connectivity index (χ4v) is 7.84. The Bertz CT molecular complexity index is 1290. The molecule has 4 aliphatic rings. The standard InChI is InChI=1S/C31H33F5O4/c1-28-18-25(20-6-4-19(5-7-20)3-2-15-40-16-14-37)27-23-11-9-22(38)17-21(23)8-10-24(27)26(28)12-13-29(28,39)30(32,33)31(34,35)36/h4-7,17,24-26,37,39H,8-16,18H2,1H3/t24-,25+,26-,28-,29-/m0/s1. The molecule has 0 saturated heterocycles. The minimum absolute atomic E-state index is 0.0426. The van der Waals surface area contributed by atoms with Crippen LogP contribution in [0.1, 0.15) is 68.9 Å². The van der Waals surface area contributed by atoms with Gasteiger partial charge in [0.2, 0.25) is 0 Å². The third-order valence-corrected chi connectivity index (χ3v) is 9.72. The number of ether oxygens (including phenoxy) is 1. The highest BCUT2D eigenvalue weighted by atomic mass is 19.4. The van der Waals surface area contributed by atoms with Crippen molar-refractivity contribution in [3.63, 3.8) is 0 Å². The minimum atomic E-state index is -5.87. The summed E-state index contributed by atoms with van der Waals surface area (Å²) < 4.78 is 76.4. The molecule has 216 valence electrons. The molecule has 2 fully saturated rings. The summed E-state index contributed by atoms with van der Waals surface area (Å²) in [7, 11) is 0. The molecule has 0 spiro atoms. The summed E-state index contributed by atoms with van der Waals surface area (Å²) in [5, 5.41) is 20.1. The highest BCUT2D eigenvalue weighted by molar-refractivity contribution is 5.93. The van der Waals surface area contributed by atoms with E-state index in [0.29, 0.717) is 31.2 Å². The Morgan fingerprint density at radius 2 is 1.80 bits per heavy atom. The Kier molecular flexibility index (Phi) is 7.52. The van der Waals surface area contributed by atoms with Crippen molar-refractivity contribution in [1.29, 1.82) is 0 Å². The number of hydrogen-bond donors (Lipinski definition) is 2. The van der Waals surface area contributed by atoms with Gasteiger partial charge in [-0.15, -0.1) is 0 Å². The van der Waals surface area contributed by atoms with Gasteiger partial charge >= 0.3 is 12.1 Å². The summed E-state index contributed by atoms with van der Waals surface area (Å²) in [6.45, 7) is 1.63. The topological polar surface area (TPSA) is 66.8 Å². The van der Waals surface area contributed by atoms with Crippen molar-refractivity contribution in [2.24, 2.45) is 17.3 Å². The molecule has 0 unspecified atom stereocenters. The lowest BCUT2D eigenvalue weighted by molar-refractivity contribution is -0.362. The molecule has 2 saturated carbocycles. The van der Waals surface area contributed by atoms with Crippen LogP contribution in [-0.4, -0.2) is 53.5 Å². The second-order valence-electron chi connectivity index (χ2n) is 11.7. The predicted molar refractivity (Wildman–Crippen MR) is 137 cm³/mol. The van der Waals surface area contributed by atoms with E-state index in [0.717, 1.165) is 22.3 Å². The van der Waals surface area contributed by atoms with Gasteiger partial charge in [0, 0.05) is 23.3 Å². The van der Waals surface area contributed by atoms with Gasteiger partial charge in [0.05, 0.1) is 13.2 Å². The van der Waals surface area contributed by atoms with Crippen LogP contribution in [0.3, 0.4) is 0 Å². The maximum Gasteiger partial charge on any atom is 0.456 e. The van der Waals surface area contributed by atoms with E-state index >= 15 is 8.78 Å². The van der Waals surface area contributed by atoms with Gasteiger partial charge in [0.25, 0.3) is 0 Å². The molecule has 4 nitrogen and oxygen atoms in total. The molecule has 0 amide bonds. The van der Waals surface area contributed by atoms with Crippen LogP contribution < -0.4 is 0 Å². The summed E-state index contributed by atoms with van der Waals surface area (Å²) in [4.78, 5) is 12.2. The van der Waals surface area contributed by atoms with E-state index in [9.17, 15) is 23.1 Å². The first-order chi connectivity index (χ1) is 18.8. The first kappa shape index (κ1) is 29.0. The van der Waals surface area contributed by atoms with E-state index < -0.39 is 41.4 Å². The number of ketones is 1. The summed E-state index contributed by atoms with van der Waals surface area (Å²) in [5.74, 6) is -0.692. The lowest BCUT2D eigenvalue weighted by atomic mass is 9.50. The first-order valence-corrected chi connectivity index (χ1v) is 13.7. The Balaban J connectivity index is 1.58. The van der Waals surface area contributed by atoms with E-state index in [2.05, 4.69) is 11.8 Å². The predicted octanol–water partition coefficient (Wildman–Crippen LogP) is 5.88. The molecule has 1 aromatic carbocycles. The second kappa shape index (κ2) is 10.4. The van der Waals surface area contributed by atoms with Gasteiger partial charge in [0.1, 0.15) is 12.2 Å². The van der Waals surface area contributed by atoms with Crippen molar-refractivity contribution in [3.8, 4) is 11.8 Å². The fraction of sp³-hybridized carbons (Fsp3) is 0.581. The highest BCUT2D eigenvalue weighted by Crippen LogP contribution is 2.70. The number of allylic oxidation sites excluding steroid dienone is 4. The number of carbonyl (C=O) groups excluding carboxylic acids is 1. The summed E-state index contributed by atoms with van der Waals surface area (Å²) in [6.07, 6.45) is -2.85. The van der Waals surface area contributed by atoms with Gasteiger partial charge in [-0.2, -0.15) is 22.0 Å². The van der Waals surface area contributed by atoms with Crippen molar-refractivity contribution in [1.82, 2.24) is 0 Å². The van der Waals surface area contributed by atoms with Crippen LogP contribution in [0.15, 0.2) is 47.1 Å². The average molecular weight is 565 g/mol. The summed E-state index contributed by atoms with van der Waals surface area (Å²) in [6, 6.07) is 7.19. The number of rotatable bonds is 5. The molecule has 5 rings (SSSR count). The molecular formula is C31H33F5O4. The molecule has 0 aromatic heterocycles. The number of benzene rings is 1. The van der Waals surface area contributed by atoms with Gasteiger partial charge in [-0.1, -0.05) is 36.5 Å². The normalized spacial score (nSPS) is 32.0. The van der Waals surface area contributed by atoms with Crippen LogP contribution in [0, 0.1) is 29.1 Å². The number of hydrogen-bond acceptors (Lipinski definition) is 4. The smallest absolute Gasteiger partial charge is 0.394 e. The van der Waals surface area contributed by atoms with Gasteiger partial charge < -0.3 is 14.9 Å². The number of alkyl halides is 5. The van der Waals surface area contributed by atoms with Gasteiger partial charge in [-0.25, -0.2) is 0 Å². The quantitative estimate of drug-likeness (QED) is 0.267. The number of fused-ring (bicyclic) bond motifs is 4. The van der Waals surface area contributed by atoms with Gasteiger partial charge in [0.15, 0.2) is 5.78 Å². The van der Waals surface area contributed by atoms with Crippen LogP contribution in [0.2, 0.25) is 0 Å². The van der Waals surface area contributed by atoms with Crippen molar-refractivity contribution >= 4 is 5.78 Å². The Hall–Kier alpha value is -2.54. The fourth-order valence-electron chi connectivity index (χ4n) is 7.84. The largest absolute Gasteiger partial charge is 0.456 e. The molecule has 0 heterocycles. The van der Waals surface area contributed by atoms with Crippen LogP contribution >= 0.6 is 0 Å². The number of halogens is 5. The SMILES string of the molecule is C[C@]12C[C@H](c3ccc(C#CCOCCO)cc3)C3=C4CCC(=O)C=C4CC[C@H]3[C@@H]1CC[C@@]2(O)C(F)(F)C(F)(F)F. The van der Waals surface area contributed by atoms with Crippen LogP contribution in [0.5, 0.6) is 0 Å². The van der Waals surface area contributed by atoms with E-state index in [4.69, 9.17) is 9.84 Å². The van der Waals surface area contributed by atoms with Gasteiger partial charge in [-0.3, -0.25) is 4.79 Å². The van der Waals surface area contributed by atoms with E-state index in [-0.39, 0.29) is 44.4 Å². The molecule has 0 bridgehead atoms. The lowest BCUT2D eigenvalue weighted by Crippen LogP contribution is -2.65. The number of carbonyl (C=O) groups is 1. The Morgan fingerprint density at radius 3 is 2.48 bits per heavy atom. The Labute approximate surface area is 230 Å². The molecule has 5 atom stereocenters. The van der Waals surface area contributed by atoms with Crippen molar-refractivity contribution < 1.29 is 41.7 Å². The van der Waals surface area contributed by atoms with Crippen LogP contribution in [-0.2, 0) is 9.53 Å². The second-order valence-corrected chi connectivity index (χ2v) is 11.7. The zero-order valence-corrected chi connectivity index (χ0v) is 22.3. The lowest BCUT2D eigenvalue weighted by Gasteiger charge is -2.56. The average Bonchev–Trinajstić information content (AvgIpc) is 3.19. The molecular weight excluding hydrogens is 531 g/mol. The maximum atomic E-state index is 15.1. The molecule has 40 heavy (non-hydrogen) atoms. The molecule has 4 aliphatic carbocycles. The molecule has 9 heteroatoms. The third kappa shape index (κ3) is 4.53. The van der Waals surface area contributed by atoms with Crippen molar-refractivity contribution in [2.75, 3.05) is 19.8 Å². The molecule has 2 N–H and O–H groups in total. The van der Waals surface area contributed by atoms with Crippen molar-refractivity contribution in [2.45, 2.75) is 75.5 Å². The zero-order chi connectivity index (χ0) is 28.9. The van der Waals surface area contributed by atoms with Gasteiger partial charge in [-0.05, 0) is 85.3 Å². The molecule has 0 radical (unpaired) electrons. The Morgan fingerprint density at radius 1 is 1.07 bits per heavy atom. The maximum absolute atomic E-state index is 15.1. The zero-order valence-electron chi connectivity index (χ0n) is 22.3. The highest BCUT2D eigenvalue weighted by Gasteiger charge is 2.79. The van der Waals surface area contributed by atoms with E-state index in [1.807, 2.05) is 12.1 Å². The third-order valence-electron chi connectivity index (χ3n) is 9.72. The van der Waals surface area contributed by atoms with Crippen molar-refractivity contribution in [3.05, 3.63) is 58.2 Å². The van der Waals surface area contributed by atoms with E-state index in [1.54, 1.807) is 18.2 Å². The first-order valence-electron chi connectivity index (χ1n) is 13.7. The number of aliphatic hydroxyl groups excluding tert-OH is 1. The summed E-state index contributed by atoms with van der Waals surface area (Å²) >= 11 is 0. The van der Waals surface area contributed by atoms with Crippen LogP contribution in [0.25, 0.3) is 0 Å². The minimum Gasteiger partial charge on any atom is -0.394 e. The molecule has 0 aliphatic heterocycles. The van der Waals surface area contributed by atoms with E-state index in [1.165, 1.54) is 6.92 Å². The van der Waals surface area contributed by atoms with Crippen LogP contribution in [0.4, 0.5) is 22.0 Å². The summed E-state index contributed by atoms with van der Waals surface area (Å²) in [5.41, 5.74) is -0.462. The monoisotopic (exact) mass is 564 g/mol.